The Labute approximate surface area is 55.2 Å². The molecule has 1 aliphatic rings. The summed E-state index contributed by atoms with van der Waals surface area (Å²) in [6.45, 7) is 6.59. The molecule has 2 heteroatoms. The van der Waals surface area contributed by atoms with E-state index in [0.29, 0.717) is 6.04 Å². The van der Waals surface area contributed by atoms with Gasteiger partial charge in [-0.2, -0.15) is 0 Å². The predicted octanol–water partition coefficient (Wildman–Crippen LogP) is 0.793. The second-order valence-corrected chi connectivity index (χ2v) is 2.58. The van der Waals surface area contributed by atoms with Gasteiger partial charge in [-0.05, 0) is 13.3 Å². The fourth-order valence-electron chi connectivity index (χ4n) is 1.15. The second-order valence-electron chi connectivity index (χ2n) is 2.58. The molecule has 9 heavy (non-hydrogen) atoms. The first kappa shape index (κ1) is 6.33. The number of amides is 1. The van der Waals surface area contributed by atoms with E-state index < -0.39 is 0 Å². The van der Waals surface area contributed by atoms with E-state index in [1.54, 1.807) is 4.90 Å². The molecule has 1 aliphatic heterocycles. The summed E-state index contributed by atoms with van der Waals surface area (Å²) in [7, 11) is 0. The first-order chi connectivity index (χ1) is 4.24. The molecule has 0 spiro atoms. The van der Waals surface area contributed by atoms with Gasteiger partial charge in [0.25, 0.3) is 0 Å². The monoisotopic (exact) mass is 125 g/mol. The zero-order chi connectivity index (χ0) is 6.85. The van der Waals surface area contributed by atoms with Gasteiger partial charge in [-0.3, -0.25) is 4.79 Å². The number of nitrogens with zero attached hydrogens (tertiary/aromatic N) is 1. The molecule has 0 aliphatic carbocycles. The van der Waals surface area contributed by atoms with Gasteiger partial charge in [0.15, 0.2) is 0 Å². The third-order valence-corrected chi connectivity index (χ3v) is 1.69. The number of hydrogen-bond donors (Lipinski definition) is 0. The molecule has 0 bridgehead atoms. The molecule has 0 aromatic rings. The minimum atomic E-state index is 0.370. The Balaban J connectivity index is 2.57. The van der Waals surface area contributed by atoms with Crippen molar-refractivity contribution in [1.82, 2.24) is 4.90 Å². The number of carbonyl (C=O) groups excluding carboxylic acids is 1. The van der Waals surface area contributed by atoms with Crippen LogP contribution in [-0.4, -0.2) is 23.9 Å². The maximum absolute atomic E-state index is 10.2. The lowest BCUT2D eigenvalue weighted by Crippen LogP contribution is -2.24. The van der Waals surface area contributed by atoms with Crippen LogP contribution in [0, 0.1) is 0 Å². The van der Waals surface area contributed by atoms with Gasteiger partial charge in [-0.1, -0.05) is 12.2 Å². The molecule has 1 atom stereocenters. The standard InChI is InChI=1S/C7H11NO/c1-6-3-7(2)8(4-6)5-9/h5,7H,1,3-4H2,2H3. The molecular weight excluding hydrogens is 114 g/mol. The van der Waals surface area contributed by atoms with E-state index in [1.165, 1.54) is 0 Å². The van der Waals surface area contributed by atoms with Crippen LogP contribution >= 0.6 is 0 Å². The highest BCUT2D eigenvalue weighted by Gasteiger charge is 2.20. The van der Waals surface area contributed by atoms with Crippen molar-refractivity contribution in [2.75, 3.05) is 6.54 Å². The Kier molecular flexibility index (Phi) is 1.56. The highest BCUT2D eigenvalue weighted by molar-refractivity contribution is 5.50. The summed E-state index contributed by atoms with van der Waals surface area (Å²) < 4.78 is 0. The normalized spacial score (nSPS) is 27.0. The predicted molar refractivity (Wildman–Crippen MR) is 36.0 cm³/mol. The molecule has 1 rings (SSSR count). The number of carbonyl (C=O) groups is 1. The van der Waals surface area contributed by atoms with Crippen LogP contribution in [0.4, 0.5) is 0 Å². The van der Waals surface area contributed by atoms with E-state index in [9.17, 15) is 4.79 Å². The topological polar surface area (TPSA) is 20.3 Å². The van der Waals surface area contributed by atoms with Gasteiger partial charge in [-0.15, -0.1) is 0 Å². The van der Waals surface area contributed by atoms with E-state index >= 15 is 0 Å². The van der Waals surface area contributed by atoms with Crippen molar-refractivity contribution in [1.29, 1.82) is 0 Å². The lowest BCUT2D eigenvalue weighted by Gasteiger charge is -2.12. The van der Waals surface area contributed by atoms with Crippen molar-refractivity contribution in [2.45, 2.75) is 19.4 Å². The van der Waals surface area contributed by atoms with Crippen molar-refractivity contribution >= 4 is 6.41 Å². The van der Waals surface area contributed by atoms with E-state index in [1.807, 2.05) is 6.92 Å². The van der Waals surface area contributed by atoms with Gasteiger partial charge >= 0.3 is 0 Å². The zero-order valence-electron chi connectivity index (χ0n) is 5.63. The Morgan fingerprint density at radius 2 is 2.56 bits per heavy atom. The summed E-state index contributed by atoms with van der Waals surface area (Å²) in [5.41, 5.74) is 1.16. The van der Waals surface area contributed by atoms with E-state index in [0.717, 1.165) is 24.9 Å². The summed E-state index contributed by atoms with van der Waals surface area (Å²) >= 11 is 0. The van der Waals surface area contributed by atoms with Crippen LogP contribution in [0.1, 0.15) is 13.3 Å². The quantitative estimate of drug-likeness (QED) is 0.375. The average molecular weight is 125 g/mol. The zero-order valence-corrected chi connectivity index (χ0v) is 5.63. The van der Waals surface area contributed by atoms with Crippen LogP contribution in [0.25, 0.3) is 0 Å². The number of rotatable bonds is 1. The van der Waals surface area contributed by atoms with Crippen molar-refractivity contribution < 1.29 is 4.79 Å². The van der Waals surface area contributed by atoms with E-state index in [4.69, 9.17) is 0 Å². The fourth-order valence-corrected chi connectivity index (χ4v) is 1.15. The summed E-state index contributed by atoms with van der Waals surface area (Å²) in [6.07, 6.45) is 1.86. The molecule has 1 amide bonds. The van der Waals surface area contributed by atoms with Gasteiger partial charge in [0, 0.05) is 12.6 Å². The summed E-state index contributed by atoms with van der Waals surface area (Å²) in [5, 5.41) is 0. The summed E-state index contributed by atoms with van der Waals surface area (Å²) in [4.78, 5) is 12.0. The number of hydrogen-bond acceptors (Lipinski definition) is 1. The highest BCUT2D eigenvalue weighted by atomic mass is 16.1. The van der Waals surface area contributed by atoms with Crippen molar-refractivity contribution in [2.24, 2.45) is 0 Å². The maximum atomic E-state index is 10.2. The maximum Gasteiger partial charge on any atom is 0.210 e. The molecule has 2 nitrogen and oxygen atoms in total. The van der Waals surface area contributed by atoms with Gasteiger partial charge in [0.2, 0.25) is 6.41 Å². The van der Waals surface area contributed by atoms with Crippen molar-refractivity contribution in [3.8, 4) is 0 Å². The van der Waals surface area contributed by atoms with Gasteiger partial charge in [0.1, 0.15) is 0 Å². The van der Waals surface area contributed by atoms with E-state index in [-0.39, 0.29) is 0 Å². The first-order valence-corrected chi connectivity index (χ1v) is 3.11. The molecule has 1 heterocycles. The molecule has 0 radical (unpaired) electrons. The minimum absolute atomic E-state index is 0.370. The Morgan fingerprint density at radius 1 is 1.89 bits per heavy atom. The Bertz CT molecular complexity index is 142. The molecule has 0 aromatic carbocycles. The molecular formula is C7H11NO. The Morgan fingerprint density at radius 3 is 2.78 bits per heavy atom. The molecule has 0 saturated carbocycles. The van der Waals surface area contributed by atoms with Crippen LogP contribution in [-0.2, 0) is 4.79 Å². The second kappa shape index (κ2) is 2.21. The first-order valence-electron chi connectivity index (χ1n) is 3.11. The van der Waals surface area contributed by atoms with Gasteiger partial charge < -0.3 is 4.90 Å². The van der Waals surface area contributed by atoms with Gasteiger partial charge in [0.05, 0.1) is 0 Å². The molecule has 0 aromatic heterocycles. The average Bonchev–Trinajstić information content (AvgIpc) is 2.10. The lowest BCUT2D eigenvalue weighted by molar-refractivity contribution is -0.118. The molecule has 1 saturated heterocycles. The SMILES string of the molecule is C=C1CC(C)N(C=O)C1. The largest absolute Gasteiger partial charge is 0.338 e. The molecule has 1 fully saturated rings. The van der Waals surface area contributed by atoms with Crippen LogP contribution in [0.5, 0.6) is 0 Å². The van der Waals surface area contributed by atoms with Crippen LogP contribution in [0.3, 0.4) is 0 Å². The third-order valence-electron chi connectivity index (χ3n) is 1.69. The van der Waals surface area contributed by atoms with Crippen LogP contribution < -0.4 is 0 Å². The van der Waals surface area contributed by atoms with Crippen molar-refractivity contribution in [3.63, 3.8) is 0 Å². The van der Waals surface area contributed by atoms with E-state index in [2.05, 4.69) is 6.58 Å². The molecule has 1 unspecified atom stereocenters. The summed E-state index contributed by atoms with van der Waals surface area (Å²) in [6, 6.07) is 0.370. The summed E-state index contributed by atoms with van der Waals surface area (Å²) in [5.74, 6) is 0. The van der Waals surface area contributed by atoms with Gasteiger partial charge in [-0.25, -0.2) is 0 Å². The fraction of sp³-hybridized carbons (Fsp3) is 0.571. The molecule has 0 N–H and O–H groups in total. The molecule has 50 valence electrons. The lowest BCUT2D eigenvalue weighted by atomic mass is 10.2. The Hall–Kier alpha value is -0.790. The minimum Gasteiger partial charge on any atom is -0.338 e. The highest BCUT2D eigenvalue weighted by Crippen LogP contribution is 2.17. The van der Waals surface area contributed by atoms with Crippen molar-refractivity contribution in [3.05, 3.63) is 12.2 Å². The smallest absolute Gasteiger partial charge is 0.210 e. The van der Waals surface area contributed by atoms with Crippen LogP contribution in [0.2, 0.25) is 0 Å². The number of likely N-dealkylation sites (tertiary alicyclic amines) is 1. The third kappa shape index (κ3) is 1.12. The van der Waals surface area contributed by atoms with Crippen LogP contribution in [0.15, 0.2) is 12.2 Å².